The van der Waals surface area contributed by atoms with Gasteiger partial charge in [0.15, 0.2) is 0 Å². The van der Waals surface area contributed by atoms with Crippen LogP contribution < -0.4 is 10.5 Å². The highest BCUT2D eigenvalue weighted by Gasteiger charge is 2.20. The van der Waals surface area contributed by atoms with Gasteiger partial charge in [0.1, 0.15) is 5.69 Å². The maximum Gasteiger partial charge on any atom is 0.294 e. The summed E-state index contributed by atoms with van der Waals surface area (Å²) in [5.41, 5.74) is 0.465. The average molecular weight is 401 g/mol. The van der Waals surface area contributed by atoms with Gasteiger partial charge < -0.3 is 5.32 Å². The summed E-state index contributed by atoms with van der Waals surface area (Å²) in [5.74, 6) is 0. The Hall–Kier alpha value is -2.88. The van der Waals surface area contributed by atoms with Gasteiger partial charge >= 0.3 is 0 Å². The Balaban J connectivity index is 1.97. The number of sulfonamides is 1. The number of para-hydroxylation sites is 1. The summed E-state index contributed by atoms with van der Waals surface area (Å²) >= 11 is 1.51. The predicted octanol–water partition coefficient (Wildman–Crippen LogP) is 4.14. The van der Waals surface area contributed by atoms with E-state index in [1.165, 1.54) is 23.9 Å². The van der Waals surface area contributed by atoms with Crippen LogP contribution in [0.4, 0.5) is 17.1 Å². The summed E-state index contributed by atoms with van der Waals surface area (Å²) in [7, 11) is -4.03. The first-order valence-electron chi connectivity index (χ1n) is 7.75. The third-order valence-corrected chi connectivity index (χ3v) is 5.62. The number of anilines is 2. The first kappa shape index (κ1) is 18.9. The lowest BCUT2D eigenvalue weighted by atomic mass is 10.2. The van der Waals surface area contributed by atoms with Gasteiger partial charge in [0, 0.05) is 15.9 Å². The molecular formula is C18H15N3O4S2. The van der Waals surface area contributed by atoms with Crippen molar-refractivity contribution < 1.29 is 13.3 Å². The van der Waals surface area contributed by atoms with E-state index in [2.05, 4.69) is 5.32 Å². The van der Waals surface area contributed by atoms with Crippen molar-refractivity contribution in [1.29, 1.82) is 0 Å². The molecular weight excluding hydrogens is 386 g/mol. The predicted molar refractivity (Wildman–Crippen MR) is 105 cm³/mol. The maximum absolute atomic E-state index is 11.5. The number of nitro groups is 1. The van der Waals surface area contributed by atoms with Crippen molar-refractivity contribution in [2.24, 2.45) is 5.14 Å². The number of nitrogens with zero attached hydrogens (tertiary/aromatic N) is 1. The highest BCUT2D eigenvalue weighted by Crippen LogP contribution is 2.37. The highest BCUT2D eigenvalue weighted by molar-refractivity contribution is 7.99. The fourth-order valence-electron chi connectivity index (χ4n) is 2.36. The Morgan fingerprint density at radius 3 is 2.26 bits per heavy atom. The molecule has 7 nitrogen and oxygen atoms in total. The maximum atomic E-state index is 11.5. The van der Waals surface area contributed by atoms with E-state index >= 15 is 0 Å². The molecule has 0 aromatic heterocycles. The van der Waals surface area contributed by atoms with E-state index < -0.39 is 14.9 Å². The lowest BCUT2D eigenvalue weighted by Crippen LogP contribution is -2.12. The van der Waals surface area contributed by atoms with Gasteiger partial charge in [-0.3, -0.25) is 10.1 Å². The minimum atomic E-state index is -4.03. The zero-order valence-corrected chi connectivity index (χ0v) is 15.5. The Labute approximate surface area is 160 Å². The molecule has 0 aliphatic heterocycles. The molecule has 0 heterocycles. The van der Waals surface area contributed by atoms with E-state index in [0.29, 0.717) is 5.69 Å². The van der Waals surface area contributed by atoms with Gasteiger partial charge in [-0.1, -0.05) is 42.1 Å². The van der Waals surface area contributed by atoms with Gasteiger partial charge in [0.2, 0.25) is 10.0 Å². The molecule has 9 heteroatoms. The second-order valence-electron chi connectivity index (χ2n) is 5.52. The largest absolute Gasteiger partial charge is 0.349 e. The van der Waals surface area contributed by atoms with E-state index in [0.717, 1.165) is 15.9 Å². The summed E-state index contributed by atoms with van der Waals surface area (Å²) in [4.78, 5) is 12.3. The monoisotopic (exact) mass is 401 g/mol. The molecule has 0 saturated carbocycles. The second kappa shape index (κ2) is 7.78. The Morgan fingerprint density at radius 1 is 0.926 bits per heavy atom. The summed E-state index contributed by atoms with van der Waals surface area (Å²) in [5, 5.41) is 19.5. The molecule has 0 unspecified atom stereocenters. The molecule has 3 rings (SSSR count). The quantitative estimate of drug-likeness (QED) is 0.474. The van der Waals surface area contributed by atoms with Crippen LogP contribution in [0.3, 0.4) is 0 Å². The van der Waals surface area contributed by atoms with Crippen molar-refractivity contribution in [3.63, 3.8) is 0 Å². The summed E-state index contributed by atoms with van der Waals surface area (Å²) in [6, 6.07) is 20.6. The molecule has 3 N–H and O–H groups in total. The lowest BCUT2D eigenvalue weighted by molar-refractivity contribution is -0.384. The van der Waals surface area contributed by atoms with Crippen LogP contribution in [0.1, 0.15) is 0 Å². The molecule has 0 bridgehead atoms. The molecule has 0 saturated heterocycles. The number of nitro benzene ring substituents is 1. The minimum absolute atomic E-state index is 0.175. The number of benzene rings is 3. The summed E-state index contributed by atoms with van der Waals surface area (Å²) in [6.07, 6.45) is 0. The summed E-state index contributed by atoms with van der Waals surface area (Å²) < 4.78 is 22.9. The fraction of sp³-hybridized carbons (Fsp3) is 0. The van der Waals surface area contributed by atoms with Crippen molar-refractivity contribution in [3.05, 3.63) is 82.9 Å². The van der Waals surface area contributed by atoms with Crippen LogP contribution in [0.25, 0.3) is 0 Å². The van der Waals surface area contributed by atoms with Gasteiger partial charge in [-0.2, -0.15) is 0 Å². The molecule has 138 valence electrons. The zero-order valence-electron chi connectivity index (χ0n) is 13.9. The Kier molecular flexibility index (Phi) is 5.45. The molecule has 0 spiro atoms. The summed E-state index contributed by atoms with van der Waals surface area (Å²) in [6.45, 7) is 0. The Bertz CT molecular complexity index is 1090. The first-order valence-corrected chi connectivity index (χ1v) is 10.1. The molecule has 3 aromatic rings. The van der Waals surface area contributed by atoms with E-state index in [1.54, 1.807) is 6.07 Å². The SMILES string of the molecule is NS(=O)(=O)c1ccc(Nc2ccccc2Sc2ccccc2)c([N+](=O)[O-])c1. The molecule has 27 heavy (non-hydrogen) atoms. The molecule has 0 radical (unpaired) electrons. The third-order valence-electron chi connectivity index (χ3n) is 3.62. The van der Waals surface area contributed by atoms with Crippen LogP contribution in [0.2, 0.25) is 0 Å². The molecule has 3 aromatic carbocycles. The standard InChI is InChI=1S/C18H15N3O4S2/c19-27(24,25)14-10-11-15(17(12-14)21(22)23)20-16-8-4-5-9-18(16)26-13-6-2-1-3-7-13/h1-12,20H,(H2,19,24,25). The van der Waals surface area contributed by atoms with Gasteiger partial charge in [-0.15, -0.1) is 0 Å². The topological polar surface area (TPSA) is 115 Å². The van der Waals surface area contributed by atoms with Crippen LogP contribution in [0.5, 0.6) is 0 Å². The van der Waals surface area contributed by atoms with Crippen molar-refractivity contribution in [1.82, 2.24) is 0 Å². The molecule has 0 aliphatic rings. The average Bonchev–Trinajstić information content (AvgIpc) is 2.63. The molecule has 0 fully saturated rings. The third kappa shape index (κ3) is 4.64. The van der Waals surface area contributed by atoms with Crippen LogP contribution in [-0.2, 0) is 10.0 Å². The number of rotatable bonds is 6. The van der Waals surface area contributed by atoms with E-state index in [1.807, 2.05) is 48.5 Å². The van der Waals surface area contributed by atoms with Crippen molar-refractivity contribution >= 4 is 38.8 Å². The highest BCUT2D eigenvalue weighted by atomic mass is 32.2. The van der Waals surface area contributed by atoms with Crippen molar-refractivity contribution in [2.45, 2.75) is 14.7 Å². The van der Waals surface area contributed by atoms with Gasteiger partial charge in [-0.25, -0.2) is 13.6 Å². The number of primary sulfonamides is 1. The molecule has 0 aliphatic carbocycles. The lowest BCUT2D eigenvalue weighted by Gasteiger charge is -2.12. The number of hydrogen-bond acceptors (Lipinski definition) is 6. The van der Waals surface area contributed by atoms with Crippen molar-refractivity contribution in [3.8, 4) is 0 Å². The van der Waals surface area contributed by atoms with E-state index in [9.17, 15) is 18.5 Å². The first-order chi connectivity index (χ1) is 12.8. The fourth-order valence-corrected chi connectivity index (χ4v) is 3.82. The van der Waals surface area contributed by atoms with Crippen LogP contribution >= 0.6 is 11.8 Å². The zero-order chi connectivity index (χ0) is 19.4. The normalized spacial score (nSPS) is 11.1. The second-order valence-corrected chi connectivity index (χ2v) is 8.19. The Morgan fingerprint density at radius 2 is 1.59 bits per heavy atom. The van der Waals surface area contributed by atoms with Gasteiger partial charge in [0.05, 0.1) is 15.5 Å². The van der Waals surface area contributed by atoms with Crippen LogP contribution in [0, 0.1) is 10.1 Å². The van der Waals surface area contributed by atoms with Gasteiger partial charge in [0.25, 0.3) is 5.69 Å². The number of hydrogen-bond donors (Lipinski definition) is 2. The van der Waals surface area contributed by atoms with E-state index in [4.69, 9.17) is 5.14 Å². The van der Waals surface area contributed by atoms with Crippen LogP contribution in [-0.4, -0.2) is 13.3 Å². The van der Waals surface area contributed by atoms with Crippen molar-refractivity contribution in [2.75, 3.05) is 5.32 Å². The molecule has 0 amide bonds. The minimum Gasteiger partial charge on any atom is -0.349 e. The molecule has 0 atom stereocenters. The number of nitrogens with two attached hydrogens (primary N) is 1. The van der Waals surface area contributed by atoms with E-state index in [-0.39, 0.29) is 16.3 Å². The van der Waals surface area contributed by atoms with Gasteiger partial charge in [-0.05, 0) is 36.4 Å². The smallest absolute Gasteiger partial charge is 0.294 e. The van der Waals surface area contributed by atoms with Crippen LogP contribution in [0.15, 0.2) is 87.5 Å². The number of nitrogens with one attached hydrogen (secondary N) is 1.